The number of nitrogens with zero attached hydrogens (tertiary/aromatic N) is 2. The molecule has 2 N–H and O–H groups in total. The summed E-state index contributed by atoms with van der Waals surface area (Å²) in [6.07, 6.45) is 7.20. The van der Waals surface area contributed by atoms with Crippen molar-refractivity contribution in [1.29, 1.82) is 0 Å². The van der Waals surface area contributed by atoms with Crippen molar-refractivity contribution in [1.82, 2.24) is 10.9 Å². The zero-order valence-electron chi connectivity index (χ0n) is 11.0. The van der Waals surface area contributed by atoms with E-state index in [0.29, 0.717) is 8.64 Å². The molecule has 0 aromatic heterocycles. The Kier molecular flexibility index (Phi) is 8.43. The van der Waals surface area contributed by atoms with Crippen LogP contribution in [0.3, 0.4) is 0 Å². The number of thiocarbonyl (C=S) groups is 2. The van der Waals surface area contributed by atoms with Crippen LogP contribution < -0.4 is 10.9 Å². The maximum atomic E-state index is 5.00. The fourth-order valence-corrected chi connectivity index (χ4v) is 1.54. The summed E-state index contributed by atoms with van der Waals surface area (Å²) < 4.78 is 1.25. The molecule has 0 aliphatic heterocycles. The Bertz CT molecular complexity index is 481. The Labute approximate surface area is 137 Å². The third kappa shape index (κ3) is 6.47. The minimum Gasteiger partial charge on any atom is -0.262 e. The van der Waals surface area contributed by atoms with Crippen LogP contribution in [0.1, 0.15) is 11.1 Å². The van der Waals surface area contributed by atoms with Gasteiger partial charge in [0, 0.05) is 11.1 Å². The smallest absolute Gasteiger partial charge is 0.153 e. The number of hydrogen-bond acceptors (Lipinski definition) is 6. The largest absolute Gasteiger partial charge is 0.262 e. The second-order valence-electron chi connectivity index (χ2n) is 3.35. The molecule has 1 rings (SSSR count). The predicted molar refractivity (Wildman–Crippen MR) is 100 cm³/mol. The zero-order valence-corrected chi connectivity index (χ0v) is 14.3. The lowest BCUT2D eigenvalue weighted by Crippen LogP contribution is -2.11. The van der Waals surface area contributed by atoms with E-state index in [1.807, 2.05) is 36.8 Å². The zero-order chi connectivity index (χ0) is 14.8. The summed E-state index contributed by atoms with van der Waals surface area (Å²) in [5.74, 6) is 0. The third-order valence-electron chi connectivity index (χ3n) is 2.09. The van der Waals surface area contributed by atoms with Gasteiger partial charge in [-0.15, -0.1) is 0 Å². The van der Waals surface area contributed by atoms with E-state index in [-0.39, 0.29) is 0 Å². The molecule has 0 unspecified atom stereocenters. The van der Waals surface area contributed by atoms with E-state index in [0.717, 1.165) is 11.1 Å². The molecule has 0 heterocycles. The Morgan fingerprint density at radius 2 is 1.35 bits per heavy atom. The summed E-state index contributed by atoms with van der Waals surface area (Å²) >= 11 is 12.9. The van der Waals surface area contributed by atoms with Crippen LogP contribution in [-0.2, 0) is 0 Å². The fraction of sp³-hybridized carbons (Fsp3) is 0.167. The van der Waals surface area contributed by atoms with E-state index in [9.17, 15) is 0 Å². The van der Waals surface area contributed by atoms with Crippen LogP contribution in [0.4, 0.5) is 0 Å². The van der Waals surface area contributed by atoms with Crippen molar-refractivity contribution in [2.45, 2.75) is 0 Å². The molecule has 1 aromatic carbocycles. The number of hydrogen-bond donors (Lipinski definition) is 2. The Balaban J connectivity index is 2.72. The number of hydrazone groups is 2. The maximum Gasteiger partial charge on any atom is 0.153 e. The molecule has 20 heavy (non-hydrogen) atoms. The summed E-state index contributed by atoms with van der Waals surface area (Å²) in [4.78, 5) is 0. The number of thioether (sulfide) groups is 2. The van der Waals surface area contributed by atoms with Gasteiger partial charge >= 0.3 is 0 Å². The summed E-state index contributed by atoms with van der Waals surface area (Å²) in [5.41, 5.74) is 7.41. The van der Waals surface area contributed by atoms with Gasteiger partial charge in [-0.1, -0.05) is 72.2 Å². The van der Waals surface area contributed by atoms with E-state index < -0.39 is 0 Å². The molecule has 1 aromatic rings. The maximum absolute atomic E-state index is 5.00. The first-order chi connectivity index (χ1) is 9.67. The van der Waals surface area contributed by atoms with Gasteiger partial charge in [-0.25, -0.2) is 0 Å². The van der Waals surface area contributed by atoms with Crippen LogP contribution in [0.2, 0.25) is 0 Å². The normalized spacial score (nSPS) is 10.9. The first-order valence-electron chi connectivity index (χ1n) is 5.50. The average molecular weight is 343 g/mol. The molecule has 0 aliphatic rings. The highest BCUT2D eigenvalue weighted by Crippen LogP contribution is 2.03. The van der Waals surface area contributed by atoms with Gasteiger partial charge in [0.05, 0.1) is 12.4 Å². The molecule has 0 spiro atoms. The first kappa shape index (κ1) is 17.1. The van der Waals surface area contributed by atoms with Gasteiger partial charge in [0.25, 0.3) is 0 Å². The minimum absolute atomic E-state index is 0.624. The molecule has 4 nitrogen and oxygen atoms in total. The van der Waals surface area contributed by atoms with Crippen LogP contribution in [-0.4, -0.2) is 33.6 Å². The molecule has 0 amide bonds. The highest BCUT2D eigenvalue weighted by atomic mass is 32.2. The lowest BCUT2D eigenvalue weighted by molar-refractivity contribution is 1.07. The molecule has 8 heteroatoms. The molecule has 0 radical (unpaired) electrons. The number of benzene rings is 1. The first-order valence-corrected chi connectivity index (χ1v) is 8.77. The second kappa shape index (κ2) is 9.87. The summed E-state index contributed by atoms with van der Waals surface area (Å²) in [5, 5.41) is 8.17. The van der Waals surface area contributed by atoms with E-state index >= 15 is 0 Å². The van der Waals surface area contributed by atoms with Crippen molar-refractivity contribution >= 4 is 69.0 Å². The molecule has 0 bridgehead atoms. The minimum atomic E-state index is 0.624. The average Bonchev–Trinajstić information content (AvgIpc) is 2.48. The van der Waals surface area contributed by atoms with Gasteiger partial charge < -0.3 is 0 Å². The van der Waals surface area contributed by atoms with Gasteiger partial charge in [-0.3, -0.25) is 10.9 Å². The lowest BCUT2D eigenvalue weighted by Gasteiger charge is -2.01. The molecule has 106 valence electrons. The quantitative estimate of drug-likeness (QED) is 0.498. The lowest BCUT2D eigenvalue weighted by atomic mass is 10.1. The van der Waals surface area contributed by atoms with Gasteiger partial charge in [-0.05, 0) is 12.5 Å². The van der Waals surface area contributed by atoms with Gasteiger partial charge in [0.1, 0.15) is 0 Å². The molecule has 0 saturated heterocycles. The van der Waals surface area contributed by atoms with E-state index in [2.05, 4.69) is 21.1 Å². The Morgan fingerprint density at radius 1 is 0.950 bits per heavy atom. The van der Waals surface area contributed by atoms with Crippen LogP contribution in [0, 0.1) is 0 Å². The van der Waals surface area contributed by atoms with Crippen LogP contribution in [0.5, 0.6) is 0 Å². The van der Waals surface area contributed by atoms with Crippen molar-refractivity contribution < 1.29 is 0 Å². The second-order valence-corrected chi connectivity index (χ2v) is 6.32. The van der Waals surface area contributed by atoms with Crippen molar-refractivity contribution in [2.75, 3.05) is 12.5 Å². The Hall–Kier alpha value is -0.960. The van der Waals surface area contributed by atoms with Crippen molar-refractivity contribution in [3.8, 4) is 0 Å². The topological polar surface area (TPSA) is 48.8 Å². The van der Waals surface area contributed by atoms with Crippen LogP contribution in [0.25, 0.3) is 0 Å². The monoisotopic (exact) mass is 342 g/mol. The van der Waals surface area contributed by atoms with Crippen LogP contribution in [0.15, 0.2) is 34.5 Å². The van der Waals surface area contributed by atoms with Gasteiger partial charge in [0.15, 0.2) is 8.64 Å². The fourth-order valence-electron chi connectivity index (χ4n) is 1.15. The molecule has 0 aliphatic carbocycles. The van der Waals surface area contributed by atoms with Gasteiger partial charge in [-0.2, -0.15) is 10.2 Å². The molecular formula is C12H14N4S4. The summed E-state index contributed by atoms with van der Waals surface area (Å²) in [6.45, 7) is 0. The SMILES string of the molecule is CSC(=S)N/N=C/c1ccccc1/C=N/NC(=S)SC. The molecular weight excluding hydrogens is 328 g/mol. The molecule has 0 atom stereocenters. The number of nitrogens with one attached hydrogen (secondary N) is 2. The summed E-state index contributed by atoms with van der Waals surface area (Å²) in [7, 11) is 0. The predicted octanol–water partition coefficient (Wildman–Crippen LogP) is 2.83. The standard InChI is InChI=1S/C12H14N4S4/c1-19-11(17)15-13-7-9-5-3-4-6-10(9)8-14-16-12(18)20-2/h3-8H,1-2H3,(H,15,17)(H,16,18)/b13-7+,14-8+. The molecule has 0 saturated carbocycles. The van der Waals surface area contributed by atoms with Gasteiger partial charge in [0.2, 0.25) is 0 Å². The van der Waals surface area contributed by atoms with E-state index in [1.165, 1.54) is 23.5 Å². The van der Waals surface area contributed by atoms with E-state index in [4.69, 9.17) is 24.4 Å². The summed E-state index contributed by atoms with van der Waals surface area (Å²) in [6, 6.07) is 7.76. The number of rotatable bonds is 4. The van der Waals surface area contributed by atoms with Crippen molar-refractivity contribution in [2.24, 2.45) is 10.2 Å². The van der Waals surface area contributed by atoms with E-state index in [1.54, 1.807) is 12.4 Å². The van der Waals surface area contributed by atoms with Crippen LogP contribution >= 0.6 is 48.0 Å². The molecule has 0 fully saturated rings. The Morgan fingerprint density at radius 3 is 1.70 bits per heavy atom. The highest BCUT2D eigenvalue weighted by molar-refractivity contribution is 8.22. The van der Waals surface area contributed by atoms with Crippen molar-refractivity contribution in [3.05, 3.63) is 35.4 Å². The third-order valence-corrected chi connectivity index (χ3v) is 4.19. The van der Waals surface area contributed by atoms with Crippen molar-refractivity contribution in [3.63, 3.8) is 0 Å². The highest BCUT2D eigenvalue weighted by Gasteiger charge is 1.96.